The van der Waals surface area contributed by atoms with Gasteiger partial charge >= 0.3 is 0 Å². The van der Waals surface area contributed by atoms with Gasteiger partial charge in [0, 0.05) is 7.11 Å². The van der Waals surface area contributed by atoms with Crippen LogP contribution in [0.2, 0.25) is 0 Å². The van der Waals surface area contributed by atoms with Crippen molar-refractivity contribution in [3.05, 3.63) is 35.7 Å². The molecule has 2 rings (SSSR count). The lowest BCUT2D eigenvalue weighted by atomic mass is 10.2. The SMILES string of the molecule is COCc1c(C=O)nnn1-c1ccccc1OC. The van der Waals surface area contributed by atoms with Gasteiger partial charge in [-0.3, -0.25) is 4.79 Å². The Hall–Kier alpha value is -2.21. The summed E-state index contributed by atoms with van der Waals surface area (Å²) in [4.78, 5) is 10.9. The average Bonchev–Trinajstić information content (AvgIpc) is 2.82. The predicted molar refractivity (Wildman–Crippen MR) is 64.0 cm³/mol. The first-order valence-electron chi connectivity index (χ1n) is 5.34. The zero-order valence-electron chi connectivity index (χ0n) is 10.2. The molecule has 1 aromatic heterocycles. The minimum absolute atomic E-state index is 0.249. The molecule has 0 aliphatic heterocycles. The van der Waals surface area contributed by atoms with Crippen molar-refractivity contribution in [2.75, 3.05) is 14.2 Å². The molecule has 94 valence electrons. The van der Waals surface area contributed by atoms with Gasteiger partial charge in [-0.05, 0) is 12.1 Å². The second kappa shape index (κ2) is 5.42. The Balaban J connectivity index is 2.56. The van der Waals surface area contributed by atoms with Gasteiger partial charge in [0.25, 0.3) is 0 Å². The van der Waals surface area contributed by atoms with Crippen LogP contribution in [0.5, 0.6) is 5.75 Å². The Bertz CT molecular complexity index is 551. The number of nitrogens with zero attached hydrogens (tertiary/aromatic N) is 3. The lowest BCUT2D eigenvalue weighted by molar-refractivity contribution is 0.111. The fraction of sp³-hybridized carbons (Fsp3) is 0.250. The minimum Gasteiger partial charge on any atom is -0.494 e. The zero-order valence-corrected chi connectivity index (χ0v) is 10.2. The van der Waals surface area contributed by atoms with Crippen LogP contribution in [-0.4, -0.2) is 35.5 Å². The highest BCUT2D eigenvalue weighted by molar-refractivity contribution is 5.73. The third-order valence-electron chi connectivity index (χ3n) is 2.50. The van der Waals surface area contributed by atoms with Gasteiger partial charge in [-0.2, -0.15) is 0 Å². The molecule has 0 saturated heterocycles. The number of aldehydes is 1. The van der Waals surface area contributed by atoms with Gasteiger partial charge in [0.2, 0.25) is 0 Å². The Morgan fingerprint density at radius 1 is 1.33 bits per heavy atom. The van der Waals surface area contributed by atoms with E-state index < -0.39 is 0 Å². The van der Waals surface area contributed by atoms with Crippen LogP contribution in [-0.2, 0) is 11.3 Å². The molecule has 0 unspecified atom stereocenters. The van der Waals surface area contributed by atoms with Crippen LogP contribution in [0.25, 0.3) is 5.69 Å². The van der Waals surface area contributed by atoms with E-state index in [4.69, 9.17) is 9.47 Å². The number of methoxy groups -OCH3 is 2. The molecule has 0 amide bonds. The number of benzene rings is 1. The molecule has 0 aliphatic carbocycles. The smallest absolute Gasteiger partial charge is 0.172 e. The van der Waals surface area contributed by atoms with E-state index in [1.165, 1.54) is 0 Å². The fourth-order valence-corrected chi connectivity index (χ4v) is 1.67. The Kier molecular flexibility index (Phi) is 3.69. The lowest BCUT2D eigenvalue weighted by Crippen LogP contribution is -2.06. The summed E-state index contributed by atoms with van der Waals surface area (Å²) < 4.78 is 11.9. The molecule has 0 saturated carbocycles. The number of ether oxygens (including phenoxy) is 2. The van der Waals surface area contributed by atoms with Gasteiger partial charge in [0.05, 0.1) is 13.7 Å². The molecule has 0 fully saturated rings. The highest BCUT2D eigenvalue weighted by atomic mass is 16.5. The first-order valence-corrected chi connectivity index (χ1v) is 5.34. The maximum atomic E-state index is 10.9. The van der Waals surface area contributed by atoms with Crippen LogP contribution < -0.4 is 4.74 Å². The van der Waals surface area contributed by atoms with E-state index in [1.807, 2.05) is 24.3 Å². The monoisotopic (exact) mass is 247 g/mol. The second-order valence-electron chi connectivity index (χ2n) is 3.56. The lowest BCUT2D eigenvalue weighted by Gasteiger charge is -2.10. The number of para-hydroxylation sites is 2. The van der Waals surface area contributed by atoms with E-state index in [0.717, 1.165) is 0 Å². The van der Waals surface area contributed by atoms with Crippen molar-refractivity contribution >= 4 is 6.29 Å². The summed E-state index contributed by atoms with van der Waals surface area (Å²) in [6.45, 7) is 0.249. The van der Waals surface area contributed by atoms with E-state index >= 15 is 0 Å². The first-order chi connectivity index (χ1) is 8.81. The van der Waals surface area contributed by atoms with Gasteiger partial charge in [0.1, 0.15) is 17.1 Å². The highest BCUT2D eigenvalue weighted by Crippen LogP contribution is 2.23. The number of aromatic nitrogens is 3. The number of hydrogen-bond acceptors (Lipinski definition) is 5. The molecule has 2 aromatic rings. The number of carbonyl (C=O) groups excluding carboxylic acids is 1. The van der Waals surface area contributed by atoms with Crippen LogP contribution in [0.15, 0.2) is 24.3 Å². The van der Waals surface area contributed by atoms with Crippen molar-refractivity contribution in [2.45, 2.75) is 6.61 Å². The molecule has 0 radical (unpaired) electrons. The second-order valence-corrected chi connectivity index (χ2v) is 3.56. The summed E-state index contributed by atoms with van der Waals surface area (Å²) in [6, 6.07) is 7.36. The van der Waals surface area contributed by atoms with Gasteiger partial charge in [-0.25, -0.2) is 4.68 Å². The minimum atomic E-state index is 0.249. The van der Waals surface area contributed by atoms with Gasteiger partial charge in [-0.1, -0.05) is 17.3 Å². The van der Waals surface area contributed by atoms with Crippen molar-refractivity contribution in [2.24, 2.45) is 0 Å². The molecular weight excluding hydrogens is 234 g/mol. The van der Waals surface area contributed by atoms with Gasteiger partial charge < -0.3 is 9.47 Å². The average molecular weight is 247 g/mol. The molecule has 0 aliphatic rings. The maximum absolute atomic E-state index is 10.9. The molecular formula is C12H13N3O3. The van der Waals surface area contributed by atoms with Gasteiger partial charge in [-0.15, -0.1) is 5.10 Å². The van der Waals surface area contributed by atoms with E-state index in [2.05, 4.69) is 10.3 Å². The maximum Gasteiger partial charge on any atom is 0.172 e. The topological polar surface area (TPSA) is 66.2 Å². The standard InChI is InChI=1S/C12H13N3O3/c1-17-8-11-9(7-16)13-14-15(11)10-5-3-4-6-12(10)18-2/h3-7H,8H2,1-2H3. The molecule has 0 spiro atoms. The molecule has 1 aromatic carbocycles. The molecule has 0 N–H and O–H groups in total. The summed E-state index contributed by atoms with van der Waals surface area (Å²) in [6.07, 6.45) is 0.660. The summed E-state index contributed by atoms with van der Waals surface area (Å²) in [5.41, 5.74) is 1.58. The van der Waals surface area contributed by atoms with Crippen LogP contribution in [0.4, 0.5) is 0 Å². The molecule has 6 nitrogen and oxygen atoms in total. The molecule has 0 atom stereocenters. The predicted octanol–water partition coefficient (Wildman–Crippen LogP) is 1.23. The van der Waals surface area contributed by atoms with Crippen LogP contribution >= 0.6 is 0 Å². The number of rotatable bonds is 5. The van der Waals surface area contributed by atoms with Crippen molar-refractivity contribution in [3.63, 3.8) is 0 Å². The quantitative estimate of drug-likeness (QED) is 0.743. The fourth-order valence-electron chi connectivity index (χ4n) is 1.67. The van der Waals surface area contributed by atoms with Crippen LogP contribution in [0.3, 0.4) is 0 Å². The van der Waals surface area contributed by atoms with Gasteiger partial charge in [0.15, 0.2) is 12.0 Å². The Labute approximate surface area is 104 Å². The third kappa shape index (κ3) is 2.10. The van der Waals surface area contributed by atoms with Crippen molar-refractivity contribution in [1.29, 1.82) is 0 Å². The molecule has 1 heterocycles. The molecule has 0 bridgehead atoms. The van der Waals surface area contributed by atoms with Crippen LogP contribution in [0, 0.1) is 0 Å². The third-order valence-corrected chi connectivity index (χ3v) is 2.50. The summed E-state index contributed by atoms with van der Waals surface area (Å²) in [5, 5.41) is 7.77. The van der Waals surface area contributed by atoms with E-state index in [9.17, 15) is 4.79 Å². The van der Waals surface area contributed by atoms with E-state index in [0.29, 0.717) is 23.4 Å². The summed E-state index contributed by atoms with van der Waals surface area (Å²) in [7, 11) is 3.13. The summed E-state index contributed by atoms with van der Waals surface area (Å²) in [5.74, 6) is 0.650. The Morgan fingerprint density at radius 2 is 2.11 bits per heavy atom. The van der Waals surface area contributed by atoms with Crippen molar-refractivity contribution in [3.8, 4) is 11.4 Å². The normalized spacial score (nSPS) is 10.3. The van der Waals surface area contributed by atoms with Crippen molar-refractivity contribution < 1.29 is 14.3 Å². The first kappa shape index (κ1) is 12.3. The van der Waals surface area contributed by atoms with Crippen LogP contribution in [0.1, 0.15) is 16.2 Å². The van der Waals surface area contributed by atoms with E-state index in [1.54, 1.807) is 18.9 Å². The summed E-state index contributed by atoms with van der Waals surface area (Å²) >= 11 is 0. The number of carbonyl (C=O) groups is 1. The molecule has 6 heteroatoms. The molecule has 18 heavy (non-hydrogen) atoms. The highest BCUT2D eigenvalue weighted by Gasteiger charge is 2.15. The van der Waals surface area contributed by atoms with Crippen molar-refractivity contribution in [1.82, 2.24) is 15.0 Å². The Morgan fingerprint density at radius 3 is 2.78 bits per heavy atom. The zero-order chi connectivity index (χ0) is 13.0. The largest absolute Gasteiger partial charge is 0.494 e. The number of hydrogen-bond donors (Lipinski definition) is 0. The van der Waals surface area contributed by atoms with E-state index in [-0.39, 0.29) is 12.3 Å².